The fraction of sp³-hybridized carbons (Fsp3) is 0.391. The van der Waals surface area contributed by atoms with Gasteiger partial charge < -0.3 is 15.7 Å². The van der Waals surface area contributed by atoms with Crippen LogP contribution in [0.1, 0.15) is 29.0 Å². The molecule has 0 radical (unpaired) electrons. The van der Waals surface area contributed by atoms with E-state index in [4.69, 9.17) is 10.6 Å². The quantitative estimate of drug-likeness (QED) is 0.233. The summed E-state index contributed by atoms with van der Waals surface area (Å²) in [6, 6.07) is 4.09. The number of carboxylic acid groups (broad SMARTS) is 1. The zero-order valence-corrected chi connectivity index (χ0v) is 20.6. The van der Waals surface area contributed by atoms with Gasteiger partial charge in [0.05, 0.1) is 16.2 Å². The number of oxime groups is 1. The predicted molar refractivity (Wildman–Crippen MR) is 130 cm³/mol. The molecule has 4 heterocycles. The van der Waals surface area contributed by atoms with Crippen LogP contribution in [0.2, 0.25) is 0 Å². The zero-order valence-electron chi connectivity index (χ0n) is 19.0. The van der Waals surface area contributed by atoms with Crippen LogP contribution in [0, 0.1) is 5.92 Å². The summed E-state index contributed by atoms with van der Waals surface area (Å²) in [5.74, 6) is -2.03. The number of aromatic nitrogens is 2. The van der Waals surface area contributed by atoms with Crippen molar-refractivity contribution in [2.75, 3.05) is 18.6 Å². The minimum absolute atomic E-state index is 0.0339. The second-order valence-corrected chi connectivity index (χ2v) is 10.7. The molecule has 10 nitrogen and oxygen atoms in total. The maximum absolute atomic E-state index is 13.1. The van der Waals surface area contributed by atoms with Crippen LogP contribution in [-0.4, -0.2) is 56.6 Å². The second-order valence-electron chi connectivity index (χ2n) is 8.55. The van der Waals surface area contributed by atoms with E-state index in [2.05, 4.69) is 20.8 Å². The minimum atomic E-state index is -1.13. The lowest BCUT2D eigenvalue weighted by Crippen LogP contribution is -2.62. The highest BCUT2D eigenvalue weighted by atomic mass is 32.2. The summed E-state index contributed by atoms with van der Waals surface area (Å²) < 4.78 is 2.10. The van der Waals surface area contributed by atoms with E-state index in [0.29, 0.717) is 22.7 Å². The van der Waals surface area contributed by atoms with Crippen LogP contribution in [0.4, 0.5) is 5.13 Å². The number of Topliss-reactive ketones (excluding diaryl/α,β-unsaturated/α-hetero) is 1. The van der Waals surface area contributed by atoms with E-state index >= 15 is 0 Å². The molecule has 35 heavy (non-hydrogen) atoms. The Morgan fingerprint density at radius 2 is 2.23 bits per heavy atom. The molecule has 12 heteroatoms. The number of carbonyl (C=O) groups is 3. The van der Waals surface area contributed by atoms with Gasteiger partial charge in [-0.2, -0.15) is 4.57 Å². The summed E-state index contributed by atoms with van der Waals surface area (Å²) in [6.45, 7) is 0.426. The monoisotopic (exact) mass is 514 g/mol. The van der Waals surface area contributed by atoms with E-state index in [9.17, 15) is 19.5 Å². The van der Waals surface area contributed by atoms with Gasteiger partial charge in [0, 0.05) is 42.0 Å². The molecule has 0 spiro atoms. The van der Waals surface area contributed by atoms with Gasteiger partial charge in [0.25, 0.3) is 0 Å². The molecule has 2 aromatic heterocycles. The molecule has 0 saturated carbocycles. The highest BCUT2D eigenvalue weighted by Gasteiger charge is 2.54. The van der Waals surface area contributed by atoms with E-state index < -0.39 is 17.3 Å². The number of hydrogen-bond donors (Lipinski definition) is 2. The van der Waals surface area contributed by atoms with Gasteiger partial charge >= 0.3 is 5.97 Å². The van der Waals surface area contributed by atoms with E-state index in [0.717, 1.165) is 30.6 Å². The topological polar surface area (TPSA) is 139 Å². The molecule has 1 aliphatic carbocycles. The lowest BCUT2D eigenvalue weighted by molar-refractivity contribution is -0.696. The number of ketones is 1. The van der Waals surface area contributed by atoms with E-state index in [1.54, 1.807) is 0 Å². The summed E-state index contributed by atoms with van der Waals surface area (Å²) in [4.78, 5) is 48.9. The molecule has 182 valence electrons. The number of nitrogen functional groups attached to an aromatic ring is 1. The normalized spacial score (nSPS) is 21.5. The first-order valence-corrected chi connectivity index (χ1v) is 13.0. The van der Waals surface area contributed by atoms with Gasteiger partial charge in [-0.3, -0.25) is 14.5 Å². The minimum Gasteiger partial charge on any atom is -0.477 e. The van der Waals surface area contributed by atoms with Crippen LogP contribution in [0.15, 0.2) is 41.0 Å². The number of hydrogen-bond acceptors (Lipinski definition) is 9. The molecule has 1 fully saturated rings. The number of rotatable bonds is 8. The highest BCUT2D eigenvalue weighted by molar-refractivity contribution is 8.00. The number of fused-ring (bicyclic) bond motifs is 2. The van der Waals surface area contributed by atoms with Crippen molar-refractivity contribution < 1.29 is 28.9 Å². The molecule has 1 unspecified atom stereocenters. The average Bonchev–Trinajstić information content (AvgIpc) is 3.49. The Balaban J connectivity index is 1.36. The third kappa shape index (κ3) is 4.20. The Morgan fingerprint density at radius 1 is 1.40 bits per heavy atom. The van der Waals surface area contributed by atoms with Gasteiger partial charge in [0.2, 0.25) is 5.91 Å². The van der Waals surface area contributed by atoms with Crippen LogP contribution in [0.5, 0.6) is 0 Å². The van der Waals surface area contributed by atoms with E-state index in [1.807, 2.05) is 12.3 Å². The second kappa shape index (κ2) is 9.42. The number of thioether (sulfide) groups is 1. The first-order chi connectivity index (χ1) is 16.9. The molecular formula is C23H24N5O5S2+. The molecular weight excluding hydrogens is 490 g/mol. The fourth-order valence-corrected chi connectivity index (χ4v) is 7.01. The average molecular weight is 515 g/mol. The lowest BCUT2D eigenvalue weighted by atomic mass is 9.89. The number of carboxylic acids is 1. The van der Waals surface area contributed by atoms with Crippen molar-refractivity contribution in [1.82, 2.24) is 9.88 Å². The molecule has 0 aromatic carbocycles. The van der Waals surface area contributed by atoms with Crippen molar-refractivity contribution in [1.29, 1.82) is 0 Å². The van der Waals surface area contributed by atoms with Crippen LogP contribution < -0.4 is 10.3 Å². The van der Waals surface area contributed by atoms with Crippen molar-refractivity contribution in [3.8, 4) is 0 Å². The van der Waals surface area contributed by atoms with Gasteiger partial charge in [-0.05, 0) is 18.9 Å². The Morgan fingerprint density at radius 3 is 2.94 bits per heavy atom. The highest BCUT2D eigenvalue weighted by Crippen LogP contribution is 2.45. The molecule has 1 saturated heterocycles. The molecule has 1 amide bonds. The number of amides is 1. The number of aryl methyl sites for hydroxylation is 1. The van der Waals surface area contributed by atoms with Crippen molar-refractivity contribution >= 4 is 51.6 Å². The SMILES string of the molecule is CO/N=C(\C(=O)C[C@@H]1C(=O)N2C(C(=O)O)=C(C[n+]3cccc4c3CCC4)CSC12)c1cnc(N)s1. The number of aliphatic carboxylic acids is 1. The Bertz CT molecular complexity index is 1290. The summed E-state index contributed by atoms with van der Waals surface area (Å²) in [5.41, 5.74) is 8.98. The third-order valence-electron chi connectivity index (χ3n) is 6.47. The standard InChI is InChI=1S/C23H23N5O5S2/c1-33-26-18(17-9-25-23(24)35-17)16(29)8-14-20(30)28-19(22(31)32)13(11-34-21(14)28)10-27-7-3-5-12-4-2-6-15(12)27/h3,5,7,9,14,21H,2,4,6,8,10-11H2,1H3,(H2-,24,25,26,31,32)/p+1/t14-,21?/m1/s1. The number of thiazole rings is 1. The summed E-state index contributed by atoms with van der Waals surface area (Å²) >= 11 is 2.59. The first-order valence-electron chi connectivity index (χ1n) is 11.1. The molecule has 2 aliphatic heterocycles. The van der Waals surface area contributed by atoms with Gasteiger partial charge in [-0.25, -0.2) is 9.78 Å². The Labute approximate surface area is 209 Å². The van der Waals surface area contributed by atoms with Gasteiger partial charge in [-0.1, -0.05) is 16.5 Å². The van der Waals surface area contributed by atoms with Crippen molar-refractivity contribution in [2.24, 2.45) is 11.1 Å². The number of carbonyl (C=O) groups excluding carboxylic acids is 2. The number of β-lactam (4-membered cyclic amide) rings is 1. The van der Waals surface area contributed by atoms with E-state index in [1.165, 1.54) is 41.2 Å². The summed E-state index contributed by atoms with van der Waals surface area (Å²) in [5, 5.41) is 13.7. The number of nitrogens with two attached hydrogens (primary N) is 1. The molecule has 3 N–H and O–H groups in total. The van der Waals surface area contributed by atoms with Crippen molar-refractivity contribution in [3.63, 3.8) is 0 Å². The van der Waals surface area contributed by atoms with Gasteiger partial charge in [-0.15, -0.1) is 11.8 Å². The lowest BCUT2D eigenvalue weighted by Gasteiger charge is -2.49. The number of pyridine rings is 1. The van der Waals surface area contributed by atoms with Crippen molar-refractivity contribution in [2.45, 2.75) is 37.6 Å². The van der Waals surface area contributed by atoms with Gasteiger partial charge in [0.1, 0.15) is 12.8 Å². The molecule has 2 aromatic rings. The summed E-state index contributed by atoms with van der Waals surface area (Å²) in [7, 11) is 1.33. The van der Waals surface area contributed by atoms with E-state index in [-0.39, 0.29) is 34.7 Å². The number of anilines is 1. The maximum Gasteiger partial charge on any atom is 0.352 e. The maximum atomic E-state index is 13.1. The fourth-order valence-electron chi connectivity index (χ4n) is 4.92. The Hall–Kier alpha value is -3.25. The summed E-state index contributed by atoms with van der Waals surface area (Å²) in [6.07, 6.45) is 6.39. The van der Waals surface area contributed by atoms with Gasteiger partial charge in [0.15, 0.2) is 35.1 Å². The van der Waals surface area contributed by atoms with Crippen LogP contribution in [-0.2, 0) is 38.6 Å². The number of nitrogens with zero attached hydrogens (tertiary/aromatic N) is 4. The molecule has 2 atom stereocenters. The molecule has 0 bridgehead atoms. The van der Waals surface area contributed by atoms with Crippen molar-refractivity contribution in [3.05, 3.63) is 51.9 Å². The largest absolute Gasteiger partial charge is 0.477 e. The van der Waals surface area contributed by atoms with Crippen LogP contribution in [0.3, 0.4) is 0 Å². The zero-order chi connectivity index (χ0) is 24.7. The molecule has 5 rings (SSSR count). The van der Waals surface area contributed by atoms with Crippen LogP contribution >= 0.6 is 23.1 Å². The third-order valence-corrected chi connectivity index (χ3v) is 8.70. The molecule has 3 aliphatic rings. The van der Waals surface area contributed by atoms with Crippen LogP contribution in [0.25, 0.3) is 0 Å². The predicted octanol–water partition coefficient (Wildman–Crippen LogP) is 1.38. The first kappa shape index (κ1) is 23.5. The smallest absolute Gasteiger partial charge is 0.352 e. The Kier molecular flexibility index (Phi) is 6.32.